The van der Waals surface area contributed by atoms with Crippen LogP contribution in [0.3, 0.4) is 0 Å². The predicted molar refractivity (Wildman–Crippen MR) is 103 cm³/mol. The van der Waals surface area contributed by atoms with Crippen molar-refractivity contribution < 1.29 is 13.2 Å². The molecule has 0 spiro atoms. The van der Waals surface area contributed by atoms with E-state index in [1.54, 1.807) is 24.4 Å². The first-order chi connectivity index (χ1) is 13.8. The van der Waals surface area contributed by atoms with Gasteiger partial charge in [0.25, 0.3) is 0 Å². The summed E-state index contributed by atoms with van der Waals surface area (Å²) in [5, 5.41) is 4.02. The molecule has 3 heterocycles. The highest BCUT2D eigenvalue weighted by Gasteiger charge is 2.34. The molecule has 0 amide bonds. The first kappa shape index (κ1) is 19.1. The minimum atomic E-state index is -4.48. The average molecular weight is 419 g/mol. The second-order valence-electron chi connectivity index (χ2n) is 6.32. The smallest absolute Gasteiger partial charge is 0.365 e. The Morgan fingerprint density at radius 2 is 1.83 bits per heavy atom. The van der Waals surface area contributed by atoms with Crippen LogP contribution in [0.4, 0.5) is 19.0 Å². The fraction of sp³-hybridized carbons (Fsp3) is 0.158. The van der Waals surface area contributed by atoms with E-state index in [1.165, 1.54) is 11.6 Å². The lowest BCUT2D eigenvalue weighted by molar-refractivity contribution is -0.140. The zero-order chi connectivity index (χ0) is 20.6. The van der Waals surface area contributed by atoms with Gasteiger partial charge < -0.3 is 9.88 Å². The molecule has 0 saturated carbocycles. The van der Waals surface area contributed by atoms with Crippen molar-refractivity contribution in [2.45, 2.75) is 12.7 Å². The maximum Gasteiger partial charge on any atom is 0.434 e. The monoisotopic (exact) mass is 418 g/mol. The Labute approximate surface area is 168 Å². The van der Waals surface area contributed by atoms with Gasteiger partial charge in [0.2, 0.25) is 5.28 Å². The molecule has 1 N–H and O–H groups in total. The average Bonchev–Trinajstić information content (AvgIpc) is 3.08. The number of nitrogens with zero attached hydrogens (tertiary/aromatic N) is 5. The molecule has 0 radical (unpaired) electrons. The topological polar surface area (TPSA) is 68.5 Å². The number of aromatic nitrogens is 5. The number of pyridine rings is 1. The quantitative estimate of drug-likeness (QED) is 0.486. The second-order valence-corrected chi connectivity index (χ2v) is 6.66. The Kier molecular flexibility index (Phi) is 4.83. The molecule has 4 rings (SSSR count). The number of nitrogens with one attached hydrogen (secondary N) is 1. The summed E-state index contributed by atoms with van der Waals surface area (Å²) in [5.74, 6) is 0.799. The third-order valence-electron chi connectivity index (χ3n) is 4.28. The largest absolute Gasteiger partial charge is 0.434 e. The van der Waals surface area contributed by atoms with E-state index >= 15 is 0 Å². The van der Waals surface area contributed by atoms with Crippen LogP contribution in [0.5, 0.6) is 0 Å². The molecule has 3 aromatic heterocycles. The van der Waals surface area contributed by atoms with E-state index in [0.29, 0.717) is 23.6 Å². The fourth-order valence-electron chi connectivity index (χ4n) is 2.90. The number of halogens is 4. The van der Waals surface area contributed by atoms with Crippen LogP contribution < -0.4 is 5.32 Å². The molecule has 0 unspecified atom stereocenters. The molecule has 4 aromatic rings. The van der Waals surface area contributed by atoms with Crippen molar-refractivity contribution in [3.63, 3.8) is 0 Å². The molecule has 0 aliphatic rings. The van der Waals surface area contributed by atoms with Gasteiger partial charge in [-0.15, -0.1) is 0 Å². The van der Waals surface area contributed by atoms with Crippen molar-refractivity contribution in [2.24, 2.45) is 7.05 Å². The molecule has 0 bridgehead atoms. The lowest BCUT2D eigenvalue weighted by Crippen LogP contribution is -2.05. The van der Waals surface area contributed by atoms with Gasteiger partial charge in [0.1, 0.15) is 11.6 Å². The normalized spacial score (nSPS) is 11.8. The van der Waals surface area contributed by atoms with Crippen LogP contribution in [0.25, 0.3) is 22.4 Å². The van der Waals surface area contributed by atoms with Gasteiger partial charge in [-0.3, -0.25) is 0 Å². The molecular formula is C19H14ClF3N6. The highest BCUT2D eigenvalue weighted by molar-refractivity contribution is 6.28. The summed E-state index contributed by atoms with van der Waals surface area (Å²) >= 11 is 5.95. The van der Waals surface area contributed by atoms with Crippen LogP contribution in [0, 0.1) is 0 Å². The summed E-state index contributed by atoms with van der Waals surface area (Å²) in [7, 11) is 1.53. The van der Waals surface area contributed by atoms with Crippen molar-refractivity contribution in [1.29, 1.82) is 0 Å². The number of hydrogen-bond donors (Lipinski definition) is 1. The van der Waals surface area contributed by atoms with Gasteiger partial charge in [0, 0.05) is 31.5 Å². The van der Waals surface area contributed by atoms with Gasteiger partial charge >= 0.3 is 6.18 Å². The summed E-state index contributed by atoms with van der Waals surface area (Å²) in [6, 6.07) is 10.7. The van der Waals surface area contributed by atoms with Gasteiger partial charge in [-0.05, 0) is 29.3 Å². The Balaban J connectivity index is 1.54. The first-order valence-electron chi connectivity index (χ1n) is 8.53. The molecule has 0 aliphatic carbocycles. The molecule has 10 heteroatoms. The summed E-state index contributed by atoms with van der Waals surface area (Å²) in [6.45, 7) is 0.436. The van der Waals surface area contributed by atoms with Gasteiger partial charge in [0.15, 0.2) is 11.3 Å². The maximum absolute atomic E-state index is 12.9. The van der Waals surface area contributed by atoms with Crippen molar-refractivity contribution in [2.75, 3.05) is 5.32 Å². The van der Waals surface area contributed by atoms with Crippen LogP contribution in [-0.4, -0.2) is 24.5 Å². The zero-order valence-corrected chi connectivity index (χ0v) is 15.8. The number of imidazole rings is 1. The Hall–Kier alpha value is -3.20. The number of hydrogen-bond acceptors (Lipinski definition) is 5. The molecule has 6 nitrogen and oxygen atoms in total. The third-order valence-corrected chi connectivity index (χ3v) is 4.45. The molecule has 148 valence electrons. The van der Waals surface area contributed by atoms with E-state index < -0.39 is 11.9 Å². The zero-order valence-electron chi connectivity index (χ0n) is 15.1. The molecule has 0 aliphatic heterocycles. The number of alkyl halides is 3. The lowest BCUT2D eigenvalue weighted by Gasteiger charge is -2.09. The van der Waals surface area contributed by atoms with Crippen LogP contribution in [0.15, 0.2) is 48.8 Å². The van der Waals surface area contributed by atoms with Gasteiger partial charge in [0.05, 0.1) is 5.39 Å². The van der Waals surface area contributed by atoms with Crippen molar-refractivity contribution in [1.82, 2.24) is 24.5 Å². The first-order valence-corrected chi connectivity index (χ1v) is 8.91. The summed E-state index contributed by atoms with van der Waals surface area (Å²) < 4.78 is 39.9. The van der Waals surface area contributed by atoms with Gasteiger partial charge in [-0.2, -0.15) is 18.2 Å². The third kappa shape index (κ3) is 4.00. The van der Waals surface area contributed by atoms with Crippen LogP contribution >= 0.6 is 11.6 Å². The van der Waals surface area contributed by atoms with Crippen LogP contribution in [-0.2, 0) is 19.8 Å². The predicted octanol–water partition coefficient (Wildman–Crippen LogP) is 4.71. The molecule has 0 atom stereocenters. The fourth-order valence-corrected chi connectivity index (χ4v) is 3.06. The Bertz CT molecular complexity index is 1170. The minimum absolute atomic E-state index is 0.0873. The van der Waals surface area contributed by atoms with Crippen molar-refractivity contribution in [3.8, 4) is 11.4 Å². The minimum Gasteiger partial charge on any atom is -0.365 e. The summed E-state index contributed by atoms with van der Waals surface area (Å²) in [4.78, 5) is 16.1. The highest BCUT2D eigenvalue weighted by atomic mass is 35.5. The van der Waals surface area contributed by atoms with E-state index in [2.05, 4.69) is 25.3 Å². The molecule has 1 aromatic carbocycles. The molecule has 0 fully saturated rings. The highest BCUT2D eigenvalue weighted by Crippen LogP contribution is 2.30. The number of aryl methyl sites for hydroxylation is 1. The maximum atomic E-state index is 12.9. The lowest BCUT2D eigenvalue weighted by atomic mass is 10.1. The van der Waals surface area contributed by atoms with E-state index in [9.17, 15) is 13.2 Å². The number of rotatable bonds is 4. The van der Waals surface area contributed by atoms with Gasteiger partial charge in [-0.25, -0.2) is 15.0 Å². The number of fused-ring (bicyclic) bond motifs is 1. The molecular weight excluding hydrogens is 405 g/mol. The van der Waals surface area contributed by atoms with Crippen LogP contribution in [0.1, 0.15) is 11.3 Å². The van der Waals surface area contributed by atoms with Gasteiger partial charge in [-0.1, -0.05) is 24.3 Å². The molecule has 0 saturated heterocycles. The van der Waals surface area contributed by atoms with E-state index in [4.69, 9.17) is 11.6 Å². The van der Waals surface area contributed by atoms with E-state index in [1.807, 2.05) is 18.2 Å². The Morgan fingerprint density at radius 3 is 2.52 bits per heavy atom. The summed E-state index contributed by atoms with van der Waals surface area (Å²) in [5.41, 5.74) is 1.07. The SMILES string of the molecule is Cn1cc(C(F)(F)F)nc1-c1ccc(CNc2nc(Cl)nc3ncccc23)cc1. The number of benzene rings is 1. The molecule has 29 heavy (non-hydrogen) atoms. The second kappa shape index (κ2) is 7.32. The Morgan fingerprint density at radius 1 is 1.07 bits per heavy atom. The van der Waals surface area contributed by atoms with Crippen molar-refractivity contribution in [3.05, 3.63) is 65.3 Å². The van der Waals surface area contributed by atoms with Crippen LogP contribution in [0.2, 0.25) is 5.28 Å². The van der Waals surface area contributed by atoms with E-state index in [-0.39, 0.29) is 11.1 Å². The summed E-state index contributed by atoms with van der Waals surface area (Å²) in [6.07, 6.45) is -1.88. The van der Waals surface area contributed by atoms with E-state index in [0.717, 1.165) is 17.1 Å². The standard InChI is InChI=1S/C19H14ClF3N6/c1-29-10-14(19(21,22)23)26-17(29)12-6-4-11(5-7-12)9-25-16-13-3-2-8-24-15(13)27-18(20)28-16/h2-8,10H,9H2,1H3,(H,24,25,27,28). The van der Waals surface area contributed by atoms with Crippen molar-refractivity contribution >= 4 is 28.5 Å². The number of anilines is 1.